The number of hydrogen-bond acceptors (Lipinski definition) is 0. The average Bonchev–Trinajstić information content (AvgIpc) is 2.33. The first-order chi connectivity index (χ1) is 4.47. The third kappa shape index (κ3) is 1.40. The molecular formula is C9H11Ru. The Hall–Kier alpha value is 0.103. The molecule has 0 nitrogen and oxygen atoms in total. The minimum absolute atomic E-state index is 0. The van der Waals surface area contributed by atoms with E-state index in [1.54, 1.807) is 11.1 Å². The van der Waals surface area contributed by atoms with Crippen molar-refractivity contribution in [2.45, 2.75) is 25.7 Å². The van der Waals surface area contributed by atoms with Gasteiger partial charge in [-0.3, -0.25) is 0 Å². The summed E-state index contributed by atoms with van der Waals surface area (Å²) in [5.41, 5.74) is 3.29. The zero-order chi connectivity index (χ0) is 6.10. The molecule has 0 unspecified atom stereocenters. The van der Waals surface area contributed by atoms with Crippen LogP contribution in [0.4, 0.5) is 0 Å². The predicted octanol–water partition coefficient (Wildman–Crippen LogP) is 2.63. The minimum Gasteiger partial charge on any atom is -0.324 e. The Labute approximate surface area is 75.2 Å². The van der Waals surface area contributed by atoms with Gasteiger partial charge in [-0.1, -0.05) is 29.7 Å². The van der Waals surface area contributed by atoms with Gasteiger partial charge in [0.05, 0.1) is 0 Å². The van der Waals surface area contributed by atoms with E-state index in [1.165, 1.54) is 25.7 Å². The molecule has 1 radical (unpaired) electrons. The fraction of sp³-hybridized carbons (Fsp3) is 0.444. The molecule has 0 bridgehead atoms. The first-order valence-electron chi connectivity index (χ1n) is 3.66. The Morgan fingerprint density at radius 1 is 1.40 bits per heavy atom. The number of rotatable bonds is 0. The maximum absolute atomic E-state index is 2.38. The fourth-order valence-corrected chi connectivity index (χ4v) is 1.60. The van der Waals surface area contributed by atoms with Crippen molar-refractivity contribution >= 4 is 0 Å². The molecular weight excluding hydrogens is 209 g/mol. The summed E-state index contributed by atoms with van der Waals surface area (Å²) < 4.78 is 0. The summed E-state index contributed by atoms with van der Waals surface area (Å²) in [6.07, 6.45) is 12.0. The van der Waals surface area contributed by atoms with Gasteiger partial charge in [0, 0.05) is 0 Å². The van der Waals surface area contributed by atoms with Crippen LogP contribution in [0.25, 0.3) is 0 Å². The van der Waals surface area contributed by atoms with Crippen LogP contribution in [0.2, 0.25) is 0 Å². The van der Waals surface area contributed by atoms with Crippen molar-refractivity contribution < 1.29 is 19.5 Å². The van der Waals surface area contributed by atoms with Crippen LogP contribution in [0, 0.1) is 6.42 Å². The van der Waals surface area contributed by atoms with Crippen LogP contribution in [-0.2, 0) is 19.5 Å². The quantitative estimate of drug-likeness (QED) is 0.435. The van der Waals surface area contributed by atoms with Gasteiger partial charge in [0.15, 0.2) is 0 Å². The minimum atomic E-state index is 0. The van der Waals surface area contributed by atoms with E-state index in [9.17, 15) is 0 Å². The van der Waals surface area contributed by atoms with Gasteiger partial charge < -0.3 is 6.42 Å². The summed E-state index contributed by atoms with van der Waals surface area (Å²) in [5.74, 6) is 0. The van der Waals surface area contributed by atoms with E-state index in [0.717, 1.165) is 0 Å². The fourth-order valence-electron chi connectivity index (χ4n) is 1.60. The standard InChI is InChI=1S/C9H11.Ru/c1-2-5-9-7-3-6-8(9)4-1;/h1,3,6H,2,4-5,7H2;/q-1;+1. The second kappa shape index (κ2) is 3.48. The Morgan fingerprint density at radius 2 is 2.30 bits per heavy atom. The first-order valence-corrected chi connectivity index (χ1v) is 3.66. The molecule has 0 aliphatic heterocycles. The molecule has 0 fully saturated rings. The Morgan fingerprint density at radius 3 is 3.10 bits per heavy atom. The molecule has 1 heteroatoms. The van der Waals surface area contributed by atoms with Gasteiger partial charge >= 0.3 is 19.5 Å². The Bertz CT molecular complexity index is 177. The summed E-state index contributed by atoms with van der Waals surface area (Å²) in [6, 6.07) is 0. The molecule has 0 atom stereocenters. The van der Waals surface area contributed by atoms with E-state index in [0.29, 0.717) is 0 Å². The van der Waals surface area contributed by atoms with Crippen molar-refractivity contribution in [2.24, 2.45) is 0 Å². The smallest absolute Gasteiger partial charge is 0.324 e. The monoisotopic (exact) mass is 221 g/mol. The third-order valence-electron chi connectivity index (χ3n) is 2.15. The third-order valence-corrected chi connectivity index (χ3v) is 2.15. The zero-order valence-electron chi connectivity index (χ0n) is 5.91. The average molecular weight is 220 g/mol. The summed E-state index contributed by atoms with van der Waals surface area (Å²) in [4.78, 5) is 0. The number of hydrogen-bond donors (Lipinski definition) is 0. The maximum Gasteiger partial charge on any atom is 1.00 e. The molecule has 0 aromatic heterocycles. The largest absolute Gasteiger partial charge is 1.00 e. The molecule has 0 aromatic rings. The van der Waals surface area contributed by atoms with Crippen LogP contribution in [0.1, 0.15) is 25.7 Å². The molecule has 55 valence electrons. The van der Waals surface area contributed by atoms with E-state index in [2.05, 4.69) is 18.6 Å². The maximum atomic E-state index is 2.38. The van der Waals surface area contributed by atoms with Gasteiger partial charge in [0.2, 0.25) is 0 Å². The van der Waals surface area contributed by atoms with E-state index < -0.39 is 0 Å². The molecule has 2 rings (SSSR count). The summed E-state index contributed by atoms with van der Waals surface area (Å²) >= 11 is 0. The summed E-state index contributed by atoms with van der Waals surface area (Å²) in [7, 11) is 0. The van der Waals surface area contributed by atoms with Gasteiger partial charge in [0.25, 0.3) is 0 Å². The molecule has 2 aliphatic rings. The van der Waals surface area contributed by atoms with Crippen molar-refractivity contribution in [3.63, 3.8) is 0 Å². The summed E-state index contributed by atoms with van der Waals surface area (Å²) in [5, 5.41) is 0. The zero-order valence-corrected chi connectivity index (χ0v) is 7.65. The normalized spacial score (nSPS) is 22.4. The van der Waals surface area contributed by atoms with Crippen molar-refractivity contribution in [3.05, 3.63) is 29.7 Å². The van der Waals surface area contributed by atoms with Crippen molar-refractivity contribution in [1.82, 2.24) is 0 Å². The van der Waals surface area contributed by atoms with Gasteiger partial charge in [0.1, 0.15) is 0 Å². The van der Waals surface area contributed by atoms with Crippen molar-refractivity contribution in [1.29, 1.82) is 0 Å². The molecule has 2 aliphatic carbocycles. The van der Waals surface area contributed by atoms with Crippen LogP contribution in [0.5, 0.6) is 0 Å². The molecule has 0 N–H and O–H groups in total. The van der Waals surface area contributed by atoms with Gasteiger partial charge in [-0.05, 0) is 6.42 Å². The van der Waals surface area contributed by atoms with Crippen molar-refractivity contribution in [3.8, 4) is 0 Å². The van der Waals surface area contributed by atoms with Gasteiger partial charge in [-0.15, -0.1) is 0 Å². The van der Waals surface area contributed by atoms with Crippen LogP contribution in [0.3, 0.4) is 0 Å². The molecule has 0 amide bonds. The summed E-state index contributed by atoms with van der Waals surface area (Å²) in [6.45, 7) is 0. The topological polar surface area (TPSA) is 0 Å². The molecule has 0 aromatic carbocycles. The molecule has 0 heterocycles. The van der Waals surface area contributed by atoms with Gasteiger partial charge in [-0.2, -0.15) is 12.8 Å². The van der Waals surface area contributed by atoms with Gasteiger partial charge in [-0.25, -0.2) is 0 Å². The number of allylic oxidation sites excluding steroid dienone is 4. The Kier molecular flexibility index (Phi) is 2.86. The molecule has 0 saturated carbocycles. The van der Waals surface area contributed by atoms with E-state index in [4.69, 9.17) is 0 Å². The SMILES string of the molecule is C1=CC2=C(C1)CC[CH-]C2.[Ru+]. The predicted molar refractivity (Wildman–Crippen MR) is 38.9 cm³/mol. The molecule has 0 spiro atoms. The van der Waals surface area contributed by atoms with Crippen molar-refractivity contribution in [2.75, 3.05) is 0 Å². The van der Waals surface area contributed by atoms with E-state index in [1.807, 2.05) is 0 Å². The Balaban J connectivity index is 0.000000500. The van der Waals surface area contributed by atoms with Crippen LogP contribution < -0.4 is 0 Å². The van der Waals surface area contributed by atoms with Crippen LogP contribution >= 0.6 is 0 Å². The second-order valence-electron chi connectivity index (χ2n) is 2.77. The first kappa shape index (κ1) is 8.20. The molecule has 10 heavy (non-hydrogen) atoms. The van der Waals surface area contributed by atoms with E-state index in [-0.39, 0.29) is 19.5 Å². The van der Waals surface area contributed by atoms with E-state index >= 15 is 0 Å². The van der Waals surface area contributed by atoms with Crippen LogP contribution in [-0.4, -0.2) is 0 Å². The van der Waals surface area contributed by atoms with Crippen LogP contribution in [0.15, 0.2) is 23.3 Å². The molecule has 0 saturated heterocycles. The second-order valence-corrected chi connectivity index (χ2v) is 2.77.